The number of ketones is 1. The number of hydrogen-bond acceptors (Lipinski definition) is 9. The lowest BCUT2D eigenvalue weighted by Gasteiger charge is -2.71. The van der Waals surface area contributed by atoms with Crippen LogP contribution in [0.4, 0.5) is 0 Å². The van der Waals surface area contributed by atoms with E-state index in [4.69, 9.17) is 19.9 Å². The Morgan fingerprint density at radius 3 is 2.26 bits per heavy atom. The summed E-state index contributed by atoms with van der Waals surface area (Å²) in [6.07, 6.45) is -1.56. The Morgan fingerprint density at radius 2 is 1.77 bits per heavy atom. The van der Waals surface area contributed by atoms with Gasteiger partial charge >= 0.3 is 11.9 Å². The van der Waals surface area contributed by atoms with Gasteiger partial charge in [0.2, 0.25) is 0 Å². The van der Waals surface area contributed by atoms with E-state index in [1.165, 1.54) is 33.8 Å². The van der Waals surface area contributed by atoms with Crippen LogP contribution >= 0.6 is 0 Å². The van der Waals surface area contributed by atoms with E-state index < -0.39 is 75.1 Å². The average Bonchev–Trinajstić information content (AvgIpc) is 2.70. The molecule has 0 aromatic carbocycles. The van der Waals surface area contributed by atoms with Crippen molar-refractivity contribution < 1.29 is 38.8 Å². The van der Waals surface area contributed by atoms with Crippen molar-refractivity contribution in [3.8, 4) is 0 Å². The highest BCUT2D eigenvalue weighted by molar-refractivity contribution is 5.92. The van der Waals surface area contributed by atoms with Crippen molar-refractivity contribution >= 4 is 17.7 Å². The standard InChI is InChI=1S/C26H41NO8/c1-10-23(7)13-15(29)26(32)24(8)16(34-20(31)22(5,6)27)11-12-21(3,4)18(24)17(33-14(2)28)19(30)25(26,9)35-23/h10,16-19,30,32H,1,11-13,27H2,2-9H3/t16-,17-,18-,19-,23-,24-,25+,26-/m0/s1. The third kappa shape index (κ3) is 3.77. The summed E-state index contributed by atoms with van der Waals surface area (Å²) >= 11 is 0. The summed E-state index contributed by atoms with van der Waals surface area (Å²) in [4.78, 5) is 39.1. The second-order valence-electron chi connectivity index (χ2n) is 12.5. The second kappa shape index (κ2) is 8.10. The number of aliphatic hydroxyl groups is 2. The first kappa shape index (κ1) is 27.8. The second-order valence-corrected chi connectivity index (χ2v) is 12.5. The van der Waals surface area contributed by atoms with Gasteiger partial charge in [0.05, 0.1) is 11.0 Å². The number of carbonyl (C=O) groups is 3. The molecule has 0 spiro atoms. The molecule has 198 valence electrons. The minimum Gasteiger partial charge on any atom is -0.460 e. The van der Waals surface area contributed by atoms with Gasteiger partial charge in [0.25, 0.3) is 0 Å². The van der Waals surface area contributed by atoms with Gasteiger partial charge in [-0.2, -0.15) is 0 Å². The predicted molar refractivity (Wildman–Crippen MR) is 127 cm³/mol. The molecule has 1 saturated heterocycles. The number of Topliss-reactive ketones (excluding diaryl/α,β-unsaturated/α-hetero) is 1. The number of fused-ring (bicyclic) bond motifs is 3. The zero-order chi connectivity index (χ0) is 27.0. The van der Waals surface area contributed by atoms with Gasteiger partial charge in [0.15, 0.2) is 11.4 Å². The molecule has 0 aromatic rings. The van der Waals surface area contributed by atoms with Gasteiger partial charge in [-0.1, -0.05) is 26.8 Å². The lowest BCUT2D eigenvalue weighted by atomic mass is 9.39. The Kier molecular flexibility index (Phi) is 6.42. The number of rotatable bonds is 4. The van der Waals surface area contributed by atoms with Gasteiger partial charge in [0, 0.05) is 19.3 Å². The Labute approximate surface area is 207 Å². The van der Waals surface area contributed by atoms with Crippen LogP contribution in [0.15, 0.2) is 12.7 Å². The van der Waals surface area contributed by atoms with E-state index >= 15 is 0 Å². The molecule has 9 nitrogen and oxygen atoms in total. The quantitative estimate of drug-likeness (QED) is 0.392. The minimum absolute atomic E-state index is 0.195. The molecule has 9 heteroatoms. The minimum atomic E-state index is -2.29. The highest BCUT2D eigenvalue weighted by atomic mass is 16.6. The summed E-state index contributed by atoms with van der Waals surface area (Å²) in [6.45, 7) is 16.6. The van der Waals surface area contributed by atoms with Gasteiger partial charge in [-0.15, -0.1) is 6.58 Å². The fourth-order valence-electron chi connectivity index (χ4n) is 7.04. The highest BCUT2D eigenvalue weighted by Gasteiger charge is 2.81. The fraction of sp³-hybridized carbons (Fsp3) is 0.808. The Morgan fingerprint density at radius 1 is 1.20 bits per heavy atom. The van der Waals surface area contributed by atoms with E-state index in [0.29, 0.717) is 12.8 Å². The summed E-state index contributed by atoms with van der Waals surface area (Å²) in [6, 6.07) is 0. The Bertz CT molecular complexity index is 940. The molecule has 2 saturated carbocycles. The predicted octanol–water partition coefficient (Wildman–Crippen LogP) is 1.81. The molecular weight excluding hydrogens is 454 g/mol. The van der Waals surface area contributed by atoms with E-state index in [2.05, 4.69) is 6.58 Å². The van der Waals surface area contributed by atoms with E-state index in [1.807, 2.05) is 13.8 Å². The molecule has 3 rings (SSSR count). The molecule has 0 radical (unpaired) electrons. The van der Waals surface area contributed by atoms with Crippen LogP contribution in [0.5, 0.6) is 0 Å². The largest absolute Gasteiger partial charge is 0.460 e. The molecule has 8 atom stereocenters. The van der Waals surface area contributed by atoms with Crippen LogP contribution in [0.1, 0.15) is 74.7 Å². The topological polar surface area (TPSA) is 145 Å². The number of ether oxygens (including phenoxy) is 3. The van der Waals surface area contributed by atoms with Crippen molar-refractivity contribution in [2.45, 2.75) is 115 Å². The number of carbonyl (C=O) groups excluding carboxylic acids is 3. The third-order valence-electron chi connectivity index (χ3n) is 8.78. The van der Waals surface area contributed by atoms with Crippen molar-refractivity contribution in [1.82, 2.24) is 0 Å². The van der Waals surface area contributed by atoms with E-state index in [9.17, 15) is 24.6 Å². The first-order chi connectivity index (χ1) is 15.7. The summed E-state index contributed by atoms with van der Waals surface area (Å²) < 4.78 is 17.9. The Balaban J connectivity index is 2.33. The number of esters is 2. The first-order valence-electron chi connectivity index (χ1n) is 12.2. The molecule has 0 aromatic heterocycles. The lowest BCUT2D eigenvalue weighted by molar-refractivity contribution is -0.370. The average molecular weight is 496 g/mol. The summed E-state index contributed by atoms with van der Waals surface area (Å²) in [5.74, 6) is -2.65. The molecule has 0 amide bonds. The normalized spacial score (nSPS) is 45.1. The molecule has 2 aliphatic carbocycles. The van der Waals surface area contributed by atoms with E-state index in [1.54, 1.807) is 13.8 Å². The molecule has 1 aliphatic heterocycles. The first-order valence-corrected chi connectivity index (χ1v) is 12.2. The van der Waals surface area contributed by atoms with Gasteiger partial charge in [-0.25, -0.2) is 0 Å². The van der Waals surface area contributed by atoms with Crippen LogP contribution < -0.4 is 5.73 Å². The number of aliphatic hydroxyl groups excluding tert-OH is 1. The van der Waals surface area contributed by atoms with Crippen LogP contribution in [0.25, 0.3) is 0 Å². The fourth-order valence-corrected chi connectivity index (χ4v) is 7.04. The maximum atomic E-state index is 13.9. The zero-order valence-electron chi connectivity index (χ0n) is 22.1. The Hall–Kier alpha value is -1.81. The molecule has 4 N–H and O–H groups in total. The van der Waals surface area contributed by atoms with Crippen LogP contribution in [-0.2, 0) is 28.6 Å². The van der Waals surface area contributed by atoms with E-state index in [0.717, 1.165) is 0 Å². The van der Waals surface area contributed by atoms with Gasteiger partial charge in [0.1, 0.15) is 29.5 Å². The molecule has 0 unspecified atom stereocenters. The van der Waals surface area contributed by atoms with Crippen molar-refractivity contribution in [2.75, 3.05) is 0 Å². The maximum Gasteiger partial charge on any atom is 0.325 e. The van der Waals surface area contributed by atoms with E-state index in [-0.39, 0.29) is 6.42 Å². The van der Waals surface area contributed by atoms with Crippen LogP contribution in [0, 0.1) is 16.7 Å². The zero-order valence-corrected chi connectivity index (χ0v) is 22.1. The van der Waals surface area contributed by atoms with Crippen molar-refractivity contribution in [1.29, 1.82) is 0 Å². The summed E-state index contributed by atoms with van der Waals surface area (Å²) in [5, 5.41) is 24.2. The SMILES string of the molecule is C=C[C@@]1(C)CC(=O)[C@]2(O)[C@@]3(C)[C@@H](OC(=O)C(C)(C)N)CCC(C)(C)[C@@H]3[C@H](OC(C)=O)[C@H](O)[C@@]2(C)O1. The van der Waals surface area contributed by atoms with Crippen LogP contribution in [0.3, 0.4) is 0 Å². The summed E-state index contributed by atoms with van der Waals surface area (Å²) in [5.41, 5.74) is -2.81. The van der Waals surface area contributed by atoms with Crippen molar-refractivity contribution in [3.05, 3.63) is 12.7 Å². The molecular formula is C26H41NO8. The van der Waals surface area contributed by atoms with Gasteiger partial charge in [-0.3, -0.25) is 14.4 Å². The summed E-state index contributed by atoms with van der Waals surface area (Å²) in [7, 11) is 0. The lowest BCUT2D eigenvalue weighted by Crippen LogP contribution is -2.86. The molecule has 3 aliphatic rings. The van der Waals surface area contributed by atoms with Crippen molar-refractivity contribution in [3.63, 3.8) is 0 Å². The van der Waals surface area contributed by atoms with Crippen LogP contribution in [0.2, 0.25) is 0 Å². The monoisotopic (exact) mass is 495 g/mol. The third-order valence-corrected chi connectivity index (χ3v) is 8.78. The molecule has 0 bridgehead atoms. The smallest absolute Gasteiger partial charge is 0.325 e. The number of nitrogens with two attached hydrogens (primary N) is 1. The maximum absolute atomic E-state index is 13.9. The molecule has 1 heterocycles. The van der Waals surface area contributed by atoms with Crippen LogP contribution in [-0.4, -0.2) is 68.6 Å². The van der Waals surface area contributed by atoms with Crippen molar-refractivity contribution in [2.24, 2.45) is 22.5 Å². The highest BCUT2D eigenvalue weighted by Crippen LogP contribution is 2.67. The van der Waals surface area contributed by atoms with Gasteiger partial charge < -0.3 is 30.2 Å². The van der Waals surface area contributed by atoms with Gasteiger partial charge in [-0.05, 0) is 46.0 Å². The molecule has 35 heavy (non-hydrogen) atoms. The molecule has 3 fully saturated rings. The number of hydrogen-bond donors (Lipinski definition) is 3.